The molecule has 3 nitrogen and oxygen atoms in total. The predicted molar refractivity (Wildman–Crippen MR) is 82.1 cm³/mol. The largest absolute Gasteiger partial charge is 0.348 e. The minimum absolute atomic E-state index is 0.480. The normalized spacial score (nSPS) is 24.2. The van der Waals surface area contributed by atoms with Crippen molar-refractivity contribution in [2.24, 2.45) is 0 Å². The molecule has 0 saturated heterocycles. The van der Waals surface area contributed by atoms with Crippen LogP contribution in [0.25, 0.3) is 0 Å². The van der Waals surface area contributed by atoms with Crippen LogP contribution in [-0.2, 0) is 6.42 Å². The van der Waals surface area contributed by atoms with Crippen LogP contribution >= 0.6 is 11.3 Å². The van der Waals surface area contributed by atoms with Gasteiger partial charge in [0.05, 0.1) is 11.7 Å². The van der Waals surface area contributed by atoms with Crippen LogP contribution in [0.15, 0.2) is 0 Å². The van der Waals surface area contributed by atoms with Gasteiger partial charge in [-0.05, 0) is 39.2 Å². The Morgan fingerprint density at radius 1 is 1.16 bits per heavy atom. The monoisotopic (exact) mass is 279 g/mol. The van der Waals surface area contributed by atoms with Gasteiger partial charge >= 0.3 is 0 Å². The van der Waals surface area contributed by atoms with Crippen LogP contribution in [0.1, 0.15) is 61.6 Å². The van der Waals surface area contributed by atoms with Crippen molar-refractivity contribution in [3.63, 3.8) is 0 Å². The zero-order valence-electron chi connectivity index (χ0n) is 12.1. The summed E-state index contributed by atoms with van der Waals surface area (Å²) in [4.78, 5) is 8.93. The van der Waals surface area contributed by atoms with E-state index in [9.17, 15) is 0 Å². The van der Waals surface area contributed by atoms with E-state index in [-0.39, 0.29) is 0 Å². The minimum atomic E-state index is 0.480. The summed E-state index contributed by atoms with van der Waals surface area (Å²) in [7, 11) is 4.30. The molecule has 1 atom stereocenters. The highest BCUT2D eigenvalue weighted by molar-refractivity contribution is 7.15. The molecule has 0 amide bonds. The summed E-state index contributed by atoms with van der Waals surface area (Å²) in [6.07, 6.45) is 10.6. The van der Waals surface area contributed by atoms with Gasteiger partial charge in [-0.3, -0.25) is 0 Å². The molecule has 1 fully saturated rings. The van der Waals surface area contributed by atoms with E-state index < -0.39 is 0 Å². The van der Waals surface area contributed by atoms with Crippen molar-refractivity contribution in [2.45, 2.75) is 63.5 Å². The van der Waals surface area contributed by atoms with E-state index in [0.29, 0.717) is 6.04 Å². The first-order valence-corrected chi connectivity index (χ1v) is 8.51. The van der Waals surface area contributed by atoms with Crippen molar-refractivity contribution in [2.75, 3.05) is 19.0 Å². The zero-order valence-corrected chi connectivity index (χ0v) is 12.9. The number of fused-ring (bicyclic) bond motifs is 1. The lowest BCUT2D eigenvalue weighted by Crippen LogP contribution is -2.33. The molecule has 19 heavy (non-hydrogen) atoms. The molecule has 1 saturated carbocycles. The topological polar surface area (TPSA) is 28.2 Å². The number of rotatable bonds is 3. The molecular weight excluding hydrogens is 254 g/mol. The zero-order chi connectivity index (χ0) is 13.2. The Hall–Kier alpha value is -0.610. The summed E-state index contributed by atoms with van der Waals surface area (Å²) < 4.78 is 0. The Morgan fingerprint density at radius 2 is 1.95 bits per heavy atom. The Balaban J connectivity index is 1.79. The van der Waals surface area contributed by atoms with E-state index in [1.807, 2.05) is 11.3 Å². The molecule has 1 aromatic rings. The summed E-state index contributed by atoms with van der Waals surface area (Å²) in [5.41, 5.74) is 1.33. The summed E-state index contributed by atoms with van der Waals surface area (Å²) in [6, 6.07) is 1.20. The van der Waals surface area contributed by atoms with E-state index in [2.05, 4.69) is 24.3 Å². The lowest BCUT2D eigenvalue weighted by atomic mass is 9.95. The van der Waals surface area contributed by atoms with Gasteiger partial charge in [-0.2, -0.15) is 0 Å². The number of aromatic nitrogens is 1. The molecule has 1 N–H and O–H groups in total. The molecule has 0 bridgehead atoms. The van der Waals surface area contributed by atoms with Crippen LogP contribution in [0.5, 0.6) is 0 Å². The van der Waals surface area contributed by atoms with Crippen molar-refractivity contribution < 1.29 is 0 Å². The third-order valence-corrected chi connectivity index (χ3v) is 5.94. The molecule has 0 spiro atoms. The van der Waals surface area contributed by atoms with Crippen LogP contribution < -0.4 is 10.2 Å². The van der Waals surface area contributed by atoms with Gasteiger partial charge in [0.25, 0.3) is 0 Å². The molecule has 0 radical (unpaired) electrons. The van der Waals surface area contributed by atoms with Gasteiger partial charge in [-0.1, -0.05) is 19.3 Å². The molecule has 3 rings (SSSR count). The Labute approximate surface area is 120 Å². The standard InChI is InChI=1S/C15H25N3S/c1-16-12-9-6-10-13-14(12)17-15(19-13)18(2)11-7-4-3-5-8-11/h11-12,16H,3-10H2,1-2H3. The van der Waals surface area contributed by atoms with Crippen LogP contribution in [0.4, 0.5) is 5.13 Å². The molecular formula is C15H25N3S. The average Bonchev–Trinajstić information content (AvgIpc) is 2.91. The maximum Gasteiger partial charge on any atom is 0.185 e. The fraction of sp³-hybridized carbons (Fsp3) is 0.800. The lowest BCUT2D eigenvalue weighted by Gasteiger charge is -2.30. The molecule has 106 valence electrons. The first-order chi connectivity index (χ1) is 9.29. The smallest absolute Gasteiger partial charge is 0.185 e. The Kier molecular flexibility index (Phi) is 4.08. The molecule has 4 heteroatoms. The first kappa shape index (κ1) is 13.4. The van der Waals surface area contributed by atoms with Gasteiger partial charge in [0.15, 0.2) is 5.13 Å². The van der Waals surface area contributed by atoms with E-state index in [4.69, 9.17) is 4.98 Å². The minimum Gasteiger partial charge on any atom is -0.348 e. The predicted octanol–water partition coefficient (Wildman–Crippen LogP) is 3.51. The summed E-state index contributed by atoms with van der Waals surface area (Å²) in [5, 5.41) is 4.67. The first-order valence-electron chi connectivity index (χ1n) is 7.69. The van der Waals surface area contributed by atoms with Gasteiger partial charge in [-0.25, -0.2) is 4.98 Å². The third kappa shape index (κ3) is 2.65. The van der Waals surface area contributed by atoms with Crippen molar-refractivity contribution in [1.82, 2.24) is 10.3 Å². The summed E-state index contributed by atoms with van der Waals surface area (Å²) >= 11 is 1.93. The molecule has 0 aromatic carbocycles. The fourth-order valence-corrected chi connectivity index (χ4v) is 4.66. The van der Waals surface area contributed by atoms with Crippen molar-refractivity contribution in [3.05, 3.63) is 10.6 Å². The van der Waals surface area contributed by atoms with E-state index in [1.165, 1.54) is 67.1 Å². The fourth-order valence-electron chi connectivity index (χ4n) is 3.46. The van der Waals surface area contributed by atoms with Crippen LogP contribution in [-0.4, -0.2) is 25.1 Å². The number of aryl methyl sites for hydroxylation is 1. The van der Waals surface area contributed by atoms with Gasteiger partial charge in [0.2, 0.25) is 0 Å². The highest BCUT2D eigenvalue weighted by Gasteiger charge is 2.26. The van der Waals surface area contributed by atoms with E-state index in [1.54, 1.807) is 0 Å². The number of nitrogens with zero attached hydrogens (tertiary/aromatic N) is 2. The summed E-state index contributed by atoms with van der Waals surface area (Å²) in [5.74, 6) is 0. The van der Waals surface area contributed by atoms with E-state index >= 15 is 0 Å². The number of hydrogen-bond donors (Lipinski definition) is 1. The molecule has 1 aromatic heterocycles. The highest BCUT2D eigenvalue weighted by atomic mass is 32.1. The Bertz CT molecular complexity index is 423. The number of anilines is 1. The highest BCUT2D eigenvalue weighted by Crippen LogP contribution is 2.37. The van der Waals surface area contributed by atoms with Crippen molar-refractivity contribution >= 4 is 16.5 Å². The average molecular weight is 279 g/mol. The van der Waals surface area contributed by atoms with Crippen molar-refractivity contribution in [3.8, 4) is 0 Å². The maximum absolute atomic E-state index is 4.96. The summed E-state index contributed by atoms with van der Waals surface area (Å²) in [6.45, 7) is 0. The molecule has 2 aliphatic rings. The van der Waals surface area contributed by atoms with E-state index in [0.717, 1.165) is 6.04 Å². The van der Waals surface area contributed by atoms with Crippen LogP contribution in [0, 0.1) is 0 Å². The molecule has 0 aliphatic heterocycles. The molecule has 2 aliphatic carbocycles. The van der Waals surface area contributed by atoms with Gasteiger partial charge in [-0.15, -0.1) is 11.3 Å². The second-order valence-corrected chi connectivity index (χ2v) is 7.00. The third-order valence-electron chi connectivity index (χ3n) is 4.72. The second kappa shape index (κ2) is 5.80. The second-order valence-electron chi connectivity index (χ2n) is 5.94. The SMILES string of the molecule is CNC1CCCc2sc(N(C)C3CCCCC3)nc21. The maximum atomic E-state index is 4.96. The van der Waals surface area contributed by atoms with Crippen LogP contribution in [0.3, 0.4) is 0 Å². The van der Waals surface area contributed by atoms with Crippen molar-refractivity contribution in [1.29, 1.82) is 0 Å². The van der Waals surface area contributed by atoms with Gasteiger partial charge < -0.3 is 10.2 Å². The molecule has 1 unspecified atom stereocenters. The number of nitrogens with one attached hydrogen (secondary N) is 1. The van der Waals surface area contributed by atoms with Gasteiger partial charge in [0, 0.05) is 18.0 Å². The van der Waals surface area contributed by atoms with Gasteiger partial charge in [0.1, 0.15) is 0 Å². The number of hydrogen-bond acceptors (Lipinski definition) is 4. The van der Waals surface area contributed by atoms with Crippen LogP contribution in [0.2, 0.25) is 0 Å². The quantitative estimate of drug-likeness (QED) is 0.917. The lowest BCUT2D eigenvalue weighted by molar-refractivity contribution is 0.426. The number of thiazole rings is 1. The molecule has 1 heterocycles. The Morgan fingerprint density at radius 3 is 2.68 bits per heavy atom.